The number of phenolic OH excluding ortho intramolecular Hbond substituents is 1. The van der Waals surface area contributed by atoms with Crippen molar-refractivity contribution in [3.05, 3.63) is 53.9 Å². The van der Waals surface area contributed by atoms with Gasteiger partial charge in [0.05, 0.1) is 5.69 Å². The molecular weight excluding hydrogens is 318 g/mol. The first kappa shape index (κ1) is 16.3. The molecule has 0 aliphatic heterocycles. The highest BCUT2D eigenvalue weighted by Gasteiger charge is 2.07. The Balaban J connectivity index is 1.75. The lowest BCUT2D eigenvalue weighted by atomic mass is 10.1. The molecule has 1 heterocycles. The van der Waals surface area contributed by atoms with Crippen LogP contribution in [0.4, 0.5) is 16.5 Å². The molecule has 3 rings (SSSR count). The first-order valence-corrected chi connectivity index (χ1v) is 8.94. The van der Waals surface area contributed by atoms with Crippen LogP contribution in [0.1, 0.15) is 13.8 Å². The van der Waals surface area contributed by atoms with Gasteiger partial charge in [-0.1, -0.05) is 18.2 Å². The third-order valence-corrected chi connectivity index (χ3v) is 4.65. The van der Waals surface area contributed by atoms with Gasteiger partial charge in [0.15, 0.2) is 5.13 Å². The van der Waals surface area contributed by atoms with Gasteiger partial charge in [-0.15, -0.1) is 11.3 Å². The Kier molecular flexibility index (Phi) is 5.01. The fourth-order valence-electron chi connectivity index (χ4n) is 2.60. The Morgan fingerprint density at radius 1 is 1.08 bits per heavy atom. The second-order valence-corrected chi connectivity index (χ2v) is 6.29. The summed E-state index contributed by atoms with van der Waals surface area (Å²) in [6.07, 6.45) is 0. The summed E-state index contributed by atoms with van der Waals surface area (Å²) in [5, 5.41) is 15.6. The second kappa shape index (κ2) is 7.36. The fraction of sp³-hybridized carbons (Fsp3) is 0.211. The number of thiazole rings is 1. The van der Waals surface area contributed by atoms with Crippen molar-refractivity contribution in [2.75, 3.05) is 23.3 Å². The number of aromatic hydroxyl groups is 1. The summed E-state index contributed by atoms with van der Waals surface area (Å²) in [7, 11) is 0. The van der Waals surface area contributed by atoms with Gasteiger partial charge >= 0.3 is 0 Å². The summed E-state index contributed by atoms with van der Waals surface area (Å²) < 4.78 is 0. The molecule has 0 amide bonds. The van der Waals surface area contributed by atoms with Crippen LogP contribution in [0.5, 0.6) is 5.75 Å². The number of hydrogen-bond acceptors (Lipinski definition) is 5. The van der Waals surface area contributed by atoms with Crippen LogP contribution in [-0.2, 0) is 0 Å². The summed E-state index contributed by atoms with van der Waals surface area (Å²) in [5.74, 6) is 0.240. The second-order valence-electron chi connectivity index (χ2n) is 5.43. The molecule has 0 atom stereocenters. The van der Waals surface area contributed by atoms with Crippen LogP contribution < -0.4 is 10.2 Å². The van der Waals surface area contributed by atoms with Gasteiger partial charge in [0, 0.05) is 41.5 Å². The minimum atomic E-state index is 0.240. The van der Waals surface area contributed by atoms with E-state index in [0.29, 0.717) is 0 Å². The monoisotopic (exact) mass is 339 g/mol. The van der Waals surface area contributed by atoms with Gasteiger partial charge in [-0.3, -0.25) is 0 Å². The Morgan fingerprint density at radius 3 is 2.50 bits per heavy atom. The normalized spacial score (nSPS) is 10.6. The van der Waals surface area contributed by atoms with Crippen molar-refractivity contribution >= 4 is 27.8 Å². The van der Waals surface area contributed by atoms with Gasteiger partial charge in [0.2, 0.25) is 0 Å². The maximum absolute atomic E-state index is 9.52. The third kappa shape index (κ3) is 3.68. The molecule has 24 heavy (non-hydrogen) atoms. The predicted molar refractivity (Wildman–Crippen MR) is 103 cm³/mol. The van der Waals surface area contributed by atoms with Crippen LogP contribution in [-0.4, -0.2) is 23.2 Å². The highest BCUT2D eigenvalue weighted by Crippen LogP contribution is 2.29. The lowest BCUT2D eigenvalue weighted by Crippen LogP contribution is -2.21. The average Bonchev–Trinajstić information content (AvgIpc) is 3.05. The van der Waals surface area contributed by atoms with E-state index < -0.39 is 0 Å². The zero-order valence-corrected chi connectivity index (χ0v) is 14.7. The predicted octanol–water partition coefficient (Wildman–Crippen LogP) is 5.11. The summed E-state index contributed by atoms with van der Waals surface area (Å²) in [4.78, 5) is 6.95. The van der Waals surface area contributed by atoms with Crippen molar-refractivity contribution in [3.8, 4) is 17.0 Å². The molecule has 124 valence electrons. The lowest BCUT2D eigenvalue weighted by molar-refractivity contribution is 0.475. The van der Waals surface area contributed by atoms with Crippen molar-refractivity contribution in [2.24, 2.45) is 0 Å². The highest BCUT2D eigenvalue weighted by atomic mass is 32.1. The maximum Gasteiger partial charge on any atom is 0.187 e. The number of rotatable bonds is 6. The van der Waals surface area contributed by atoms with E-state index in [1.165, 1.54) is 5.69 Å². The standard InChI is InChI=1S/C19H21N3OS/c1-3-22(4-2)16-10-8-14(9-11-16)18-13-24-19(21-18)20-15-6-5-7-17(23)12-15/h5-13,23H,3-4H2,1-2H3,(H,20,21). The van der Waals surface area contributed by atoms with Gasteiger partial charge in [-0.05, 0) is 38.1 Å². The summed E-state index contributed by atoms with van der Waals surface area (Å²) in [6.45, 7) is 6.34. The van der Waals surface area contributed by atoms with Crippen LogP contribution in [0.15, 0.2) is 53.9 Å². The average molecular weight is 339 g/mol. The molecule has 0 aliphatic carbocycles. The van der Waals surface area contributed by atoms with Gasteiger partial charge in [-0.2, -0.15) is 0 Å². The van der Waals surface area contributed by atoms with Gasteiger partial charge in [-0.25, -0.2) is 4.98 Å². The zero-order chi connectivity index (χ0) is 16.9. The Morgan fingerprint density at radius 2 is 1.83 bits per heavy atom. The quantitative estimate of drug-likeness (QED) is 0.655. The fourth-order valence-corrected chi connectivity index (χ4v) is 3.34. The van der Waals surface area contributed by atoms with E-state index in [0.717, 1.165) is 35.2 Å². The van der Waals surface area contributed by atoms with Crippen LogP contribution in [0.25, 0.3) is 11.3 Å². The molecular formula is C19H21N3OS. The van der Waals surface area contributed by atoms with Crippen molar-refractivity contribution in [2.45, 2.75) is 13.8 Å². The highest BCUT2D eigenvalue weighted by molar-refractivity contribution is 7.14. The molecule has 0 radical (unpaired) electrons. The molecule has 0 saturated heterocycles. The lowest BCUT2D eigenvalue weighted by Gasteiger charge is -2.20. The number of hydrogen-bond donors (Lipinski definition) is 2. The number of nitrogens with one attached hydrogen (secondary N) is 1. The molecule has 1 aromatic heterocycles. The molecule has 0 bridgehead atoms. The molecule has 3 aromatic rings. The van der Waals surface area contributed by atoms with Crippen molar-refractivity contribution < 1.29 is 5.11 Å². The van der Waals surface area contributed by atoms with Crippen LogP contribution in [0.3, 0.4) is 0 Å². The smallest absolute Gasteiger partial charge is 0.187 e. The molecule has 0 saturated carbocycles. The van der Waals surface area contributed by atoms with E-state index in [1.54, 1.807) is 29.5 Å². The largest absolute Gasteiger partial charge is 0.508 e. The van der Waals surface area contributed by atoms with E-state index in [2.05, 4.69) is 53.3 Å². The molecule has 0 fully saturated rings. The molecule has 4 nitrogen and oxygen atoms in total. The number of phenols is 1. The van der Waals surface area contributed by atoms with E-state index in [9.17, 15) is 5.11 Å². The van der Waals surface area contributed by atoms with Crippen LogP contribution >= 0.6 is 11.3 Å². The van der Waals surface area contributed by atoms with Crippen molar-refractivity contribution in [1.29, 1.82) is 0 Å². The Labute approximate surface area is 146 Å². The molecule has 2 N–H and O–H groups in total. The zero-order valence-electron chi connectivity index (χ0n) is 13.9. The molecule has 5 heteroatoms. The number of anilines is 3. The topological polar surface area (TPSA) is 48.4 Å². The van der Waals surface area contributed by atoms with E-state index in [4.69, 9.17) is 0 Å². The van der Waals surface area contributed by atoms with Crippen LogP contribution in [0, 0.1) is 0 Å². The molecule has 2 aromatic carbocycles. The Hall–Kier alpha value is -2.53. The minimum Gasteiger partial charge on any atom is -0.508 e. The number of benzene rings is 2. The Bertz CT molecular complexity index is 794. The summed E-state index contributed by atoms with van der Waals surface area (Å²) in [5.41, 5.74) is 4.12. The van der Waals surface area contributed by atoms with E-state index in [1.807, 2.05) is 11.4 Å². The van der Waals surface area contributed by atoms with Gasteiger partial charge < -0.3 is 15.3 Å². The van der Waals surface area contributed by atoms with Crippen molar-refractivity contribution in [3.63, 3.8) is 0 Å². The van der Waals surface area contributed by atoms with Crippen LogP contribution in [0.2, 0.25) is 0 Å². The van der Waals surface area contributed by atoms with Gasteiger partial charge in [0.1, 0.15) is 5.75 Å². The van der Waals surface area contributed by atoms with E-state index in [-0.39, 0.29) is 5.75 Å². The first-order chi connectivity index (χ1) is 11.7. The maximum atomic E-state index is 9.52. The molecule has 0 unspecified atom stereocenters. The van der Waals surface area contributed by atoms with E-state index >= 15 is 0 Å². The molecule has 0 spiro atoms. The number of aromatic nitrogens is 1. The number of nitrogens with zero attached hydrogens (tertiary/aromatic N) is 2. The minimum absolute atomic E-state index is 0.240. The third-order valence-electron chi connectivity index (χ3n) is 3.89. The van der Waals surface area contributed by atoms with Gasteiger partial charge in [0.25, 0.3) is 0 Å². The summed E-state index contributed by atoms with van der Waals surface area (Å²) >= 11 is 1.55. The van der Waals surface area contributed by atoms with Crippen molar-refractivity contribution in [1.82, 2.24) is 4.98 Å². The molecule has 0 aliphatic rings. The summed E-state index contributed by atoms with van der Waals surface area (Å²) in [6, 6.07) is 15.5. The first-order valence-electron chi connectivity index (χ1n) is 8.06. The SMILES string of the molecule is CCN(CC)c1ccc(-c2csc(Nc3cccc(O)c3)n2)cc1.